The zero-order valence-electron chi connectivity index (χ0n) is 9.99. The van der Waals surface area contributed by atoms with Crippen LogP contribution in [0.5, 0.6) is 0 Å². The molecular weight excluding hydrogens is 304 g/mol. The van der Waals surface area contributed by atoms with E-state index in [2.05, 4.69) is 9.97 Å². The molecule has 1 N–H and O–H groups in total. The van der Waals surface area contributed by atoms with Crippen LogP contribution in [0.2, 0.25) is 5.02 Å². The lowest BCUT2D eigenvalue weighted by atomic mass is 10.1. The summed E-state index contributed by atoms with van der Waals surface area (Å²) in [5.74, 6) is -1.54. The van der Waals surface area contributed by atoms with E-state index in [1.807, 2.05) is 0 Å². The average molecular weight is 313 g/mol. The summed E-state index contributed by atoms with van der Waals surface area (Å²) in [5, 5.41) is 9.47. The molecule has 2 rings (SSSR count). The number of aromatic nitrogens is 2. The van der Waals surface area contributed by atoms with Crippen LogP contribution in [0, 0.1) is 0 Å². The van der Waals surface area contributed by atoms with Gasteiger partial charge in [0.1, 0.15) is 27.8 Å². The van der Waals surface area contributed by atoms with E-state index in [0.29, 0.717) is 10.6 Å². The highest BCUT2D eigenvalue weighted by atomic mass is 35.5. The first-order valence-corrected chi connectivity index (χ1v) is 7.19. The van der Waals surface area contributed by atoms with Crippen molar-refractivity contribution in [3.05, 3.63) is 46.9 Å². The van der Waals surface area contributed by atoms with E-state index in [0.717, 1.165) is 6.20 Å². The minimum Gasteiger partial charge on any atom is -0.478 e. The maximum atomic E-state index is 11.2. The van der Waals surface area contributed by atoms with Gasteiger partial charge in [-0.15, -0.1) is 0 Å². The molecule has 0 bridgehead atoms. The molecule has 0 radical (unpaired) electrons. The molecule has 0 aliphatic rings. The molecule has 8 heteroatoms. The summed E-state index contributed by atoms with van der Waals surface area (Å²) in [6.07, 6.45) is 1.09. The summed E-state index contributed by atoms with van der Waals surface area (Å²) in [5.41, 5.74) is 0.379. The number of carboxylic acids is 1. The minimum atomic E-state index is -2.70. The number of carbonyl (C=O) groups is 1. The van der Waals surface area contributed by atoms with E-state index in [1.165, 1.54) is 0 Å². The lowest BCUT2D eigenvalue weighted by Crippen LogP contribution is -2.07. The maximum Gasteiger partial charge on any atom is 0.339 e. The van der Waals surface area contributed by atoms with Gasteiger partial charge in [-0.25, -0.2) is 23.2 Å². The summed E-state index contributed by atoms with van der Waals surface area (Å²) in [7, 11) is -2.70. The molecule has 0 aliphatic heterocycles. The molecule has 0 aliphatic carbocycles. The smallest absolute Gasteiger partial charge is 0.339 e. The summed E-state index contributed by atoms with van der Waals surface area (Å²) >= 11 is 6.02. The average Bonchev–Trinajstić information content (AvgIpc) is 2.38. The molecule has 0 unspecified atom stereocenters. The molecule has 6 nitrogen and oxygen atoms in total. The molecule has 0 amide bonds. The van der Waals surface area contributed by atoms with Gasteiger partial charge >= 0.3 is 5.97 Å². The second-order valence-corrected chi connectivity index (χ2v) is 5.21. The number of hydrogen-bond acceptors (Lipinski definition) is 5. The lowest BCUT2D eigenvalue weighted by Gasteiger charge is -2.08. The van der Waals surface area contributed by atoms with Crippen molar-refractivity contribution in [2.24, 2.45) is 0 Å². The summed E-state index contributed by atoms with van der Waals surface area (Å²) in [4.78, 5) is 18.9. The number of thiol groups is 1. The number of carboxylic acid groups (broad SMARTS) is 1. The van der Waals surface area contributed by atoms with Gasteiger partial charge in [-0.3, -0.25) is 0 Å². The predicted molar refractivity (Wildman–Crippen MR) is 73.5 cm³/mol. The molecule has 0 atom stereocenters. The predicted octanol–water partition coefficient (Wildman–Crippen LogP) is 1.61. The van der Waals surface area contributed by atoms with Crippen molar-refractivity contribution in [2.75, 3.05) is 0 Å². The Kier molecular flexibility index (Phi) is 4.31. The molecule has 104 valence electrons. The van der Waals surface area contributed by atoms with E-state index in [-0.39, 0.29) is 22.8 Å². The van der Waals surface area contributed by atoms with Crippen LogP contribution in [0.1, 0.15) is 16.2 Å². The summed E-state index contributed by atoms with van der Waals surface area (Å²) < 4.78 is 21.4. The topological polar surface area (TPSA) is 97.2 Å². The van der Waals surface area contributed by atoms with Crippen molar-refractivity contribution in [1.29, 1.82) is 0 Å². The first-order valence-electron chi connectivity index (χ1n) is 5.45. The first kappa shape index (κ1) is 14.4. The molecule has 2 aromatic rings. The number of nitrogens with zero attached hydrogens (tertiary/aromatic N) is 2. The van der Waals surface area contributed by atoms with Crippen molar-refractivity contribution in [3.63, 3.8) is 0 Å². The molecular formula is C12H9ClN2O4S. The van der Waals surface area contributed by atoms with E-state index < -0.39 is 16.7 Å². The van der Waals surface area contributed by atoms with Crippen LogP contribution in [0.25, 0.3) is 11.3 Å². The second-order valence-electron chi connectivity index (χ2n) is 3.82. The van der Waals surface area contributed by atoms with Crippen LogP contribution in [-0.2, 0) is 16.5 Å². The monoisotopic (exact) mass is 312 g/mol. The van der Waals surface area contributed by atoms with Gasteiger partial charge in [-0.2, -0.15) is 0 Å². The van der Waals surface area contributed by atoms with Crippen LogP contribution in [0.3, 0.4) is 0 Å². The molecule has 0 fully saturated rings. The fraction of sp³-hybridized carbons (Fsp3) is 0.0833. The van der Waals surface area contributed by atoms with Gasteiger partial charge in [0.25, 0.3) is 0 Å². The summed E-state index contributed by atoms with van der Waals surface area (Å²) in [6, 6.07) is 6.59. The number of aromatic carboxylic acids is 1. The molecule has 1 aromatic heterocycles. The van der Waals surface area contributed by atoms with Crippen LogP contribution < -0.4 is 0 Å². The third-order valence-electron chi connectivity index (χ3n) is 2.47. The second kappa shape index (κ2) is 5.98. The highest BCUT2D eigenvalue weighted by molar-refractivity contribution is 7.71. The largest absolute Gasteiger partial charge is 0.478 e. The molecule has 0 spiro atoms. The van der Waals surface area contributed by atoms with Crippen molar-refractivity contribution < 1.29 is 18.3 Å². The van der Waals surface area contributed by atoms with E-state index in [1.54, 1.807) is 24.3 Å². The van der Waals surface area contributed by atoms with Gasteiger partial charge in [0.2, 0.25) is 0 Å². The Morgan fingerprint density at radius 1 is 1.30 bits per heavy atom. The quantitative estimate of drug-likeness (QED) is 0.832. The van der Waals surface area contributed by atoms with Crippen LogP contribution in [0.4, 0.5) is 0 Å². The maximum absolute atomic E-state index is 11.2. The Balaban J connectivity index is 2.64. The fourth-order valence-electron chi connectivity index (χ4n) is 1.63. The molecule has 0 saturated carbocycles. The van der Waals surface area contributed by atoms with E-state index >= 15 is 0 Å². The number of benzene rings is 1. The Labute approximate surface area is 121 Å². The standard InChI is InChI=1S/C12H9ClN2O4S/c13-9-4-2-1-3-7(9)11-8(12(16)17)5-14-10(15-11)6-20(18)19/h1-5,20H,6H2,(H,16,17). The van der Waals surface area contributed by atoms with Gasteiger partial charge in [-0.1, -0.05) is 29.8 Å². The van der Waals surface area contributed by atoms with Crippen LogP contribution in [0.15, 0.2) is 30.5 Å². The van der Waals surface area contributed by atoms with Gasteiger partial charge in [-0.05, 0) is 6.07 Å². The van der Waals surface area contributed by atoms with Gasteiger partial charge in [0.05, 0.1) is 5.69 Å². The van der Waals surface area contributed by atoms with E-state index in [4.69, 9.17) is 16.7 Å². The van der Waals surface area contributed by atoms with Crippen molar-refractivity contribution in [1.82, 2.24) is 9.97 Å². The van der Waals surface area contributed by atoms with E-state index in [9.17, 15) is 13.2 Å². The molecule has 20 heavy (non-hydrogen) atoms. The summed E-state index contributed by atoms with van der Waals surface area (Å²) in [6.45, 7) is 0. The SMILES string of the molecule is O=C(O)c1cnc(C[SH](=O)=O)nc1-c1ccccc1Cl. The normalized spacial score (nSPS) is 10.7. The molecule has 1 aromatic carbocycles. The zero-order chi connectivity index (χ0) is 14.7. The third-order valence-corrected chi connectivity index (χ3v) is 3.34. The minimum absolute atomic E-state index is 0.0287. The van der Waals surface area contributed by atoms with Crippen LogP contribution >= 0.6 is 11.6 Å². The first-order chi connectivity index (χ1) is 9.49. The van der Waals surface area contributed by atoms with Gasteiger partial charge < -0.3 is 5.11 Å². The fourth-order valence-corrected chi connectivity index (χ4v) is 2.23. The van der Waals surface area contributed by atoms with Crippen molar-refractivity contribution >= 4 is 28.3 Å². The van der Waals surface area contributed by atoms with Crippen molar-refractivity contribution in [2.45, 2.75) is 5.75 Å². The Morgan fingerprint density at radius 3 is 2.60 bits per heavy atom. The Bertz CT molecular complexity index is 738. The van der Waals surface area contributed by atoms with Gasteiger partial charge in [0.15, 0.2) is 0 Å². The molecule has 0 saturated heterocycles. The number of hydrogen-bond donors (Lipinski definition) is 2. The number of halogens is 1. The Morgan fingerprint density at radius 2 is 2.00 bits per heavy atom. The highest BCUT2D eigenvalue weighted by Gasteiger charge is 2.17. The van der Waals surface area contributed by atoms with Gasteiger partial charge in [0, 0.05) is 16.8 Å². The number of rotatable bonds is 4. The van der Waals surface area contributed by atoms with Crippen LogP contribution in [-0.4, -0.2) is 29.5 Å². The van der Waals surface area contributed by atoms with Crippen molar-refractivity contribution in [3.8, 4) is 11.3 Å². The zero-order valence-corrected chi connectivity index (χ0v) is 11.6. The molecule has 1 heterocycles. The lowest BCUT2D eigenvalue weighted by molar-refractivity contribution is 0.0697. The Hall–Kier alpha value is -1.99. The third kappa shape index (κ3) is 3.12. The highest BCUT2D eigenvalue weighted by Crippen LogP contribution is 2.28.